The number of thioether (sulfide) groups is 2. The lowest BCUT2D eigenvalue weighted by Crippen LogP contribution is -2.29. The normalized spacial score (nSPS) is 24.5. The highest BCUT2D eigenvalue weighted by molar-refractivity contribution is 8.14. The van der Waals surface area contributed by atoms with Gasteiger partial charge in [-0.05, 0) is 26.0 Å². The van der Waals surface area contributed by atoms with E-state index in [1.165, 1.54) is 12.8 Å². The number of aliphatic imine (C=N–C) groups is 1. The van der Waals surface area contributed by atoms with E-state index in [9.17, 15) is 0 Å². The first-order valence-electron chi connectivity index (χ1n) is 5.64. The van der Waals surface area contributed by atoms with Crippen LogP contribution in [0.1, 0.15) is 33.6 Å². The van der Waals surface area contributed by atoms with Gasteiger partial charge in [0.05, 0.1) is 6.54 Å². The lowest BCUT2D eigenvalue weighted by Gasteiger charge is -2.27. The highest BCUT2D eigenvalue weighted by atomic mass is 32.2. The summed E-state index contributed by atoms with van der Waals surface area (Å²) in [5.74, 6) is 1.16. The molecule has 1 heterocycles. The topological polar surface area (TPSA) is 24.4 Å². The maximum absolute atomic E-state index is 4.71. The molecular formula is C11H22N2S2. The quantitative estimate of drug-likeness (QED) is 0.807. The Balaban J connectivity index is 2.52. The Morgan fingerprint density at radius 1 is 1.53 bits per heavy atom. The Morgan fingerprint density at radius 2 is 2.20 bits per heavy atom. The lowest BCUT2D eigenvalue weighted by atomic mass is 10.0. The summed E-state index contributed by atoms with van der Waals surface area (Å²) in [5.41, 5.74) is 0. The third kappa shape index (κ3) is 3.59. The predicted molar refractivity (Wildman–Crippen MR) is 74.2 cm³/mol. The summed E-state index contributed by atoms with van der Waals surface area (Å²) in [4.78, 5) is 4.71. The van der Waals surface area contributed by atoms with Crippen molar-refractivity contribution in [1.82, 2.24) is 5.32 Å². The van der Waals surface area contributed by atoms with Gasteiger partial charge >= 0.3 is 0 Å². The second kappa shape index (κ2) is 6.04. The minimum Gasteiger partial charge on any atom is -0.362 e. The van der Waals surface area contributed by atoms with Crippen LogP contribution in [0.25, 0.3) is 0 Å². The third-order valence-electron chi connectivity index (χ3n) is 3.07. The molecule has 1 saturated heterocycles. The fourth-order valence-electron chi connectivity index (χ4n) is 1.63. The molecule has 1 rings (SSSR count). The molecule has 0 saturated carbocycles. The van der Waals surface area contributed by atoms with Crippen molar-refractivity contribution in [2.45, 2.75) is 44.4 Å². The number of nitrogens with zero attached hydrogens (tertiary/aromatic N) is 1. The SMILES string of the molecule is CCC(CC)(CN=C1NC(C)CS1)SC. The van der Waals surface area contributed by atoms with Crippen molar-refractivity contribution >= 4 is 28.7 Å². The van der Waals surface area contributed by atoms with Crippen LogP contribution in [0.3, 0.4) is 0 Å². The fourth-order valence-corrected chi connectivity index (χ4v) is 3.33. The summed E-state index contributed by atoms with van der Waals surface area (Å²) in [6.07, 6.45) is 4.59. The van der Waals surface area contributed by atoms with Crippen LogP contribution < -0.4 is 5.32 Å². The molecule has 88 valence electrons. The smallest absolute Gasteiger partial charge is 0.156 e. The van der Waals surface area contributed by atoms with Gasteiger partial charge < -0.3 is 5.32 Å². The molecule has 1 atom stereocenters. The van der Waals surface area contributed by atoms with E-state index in [0.29, 0.717) is 10.8 Å². The lowest BCUT2D eigenvalue weighted by molar-refractivity contribution is 0.560. The third-order valence-corrected chi connectivity index (χ3v) is 5.83. The molecule has 1 aliphatic heterocycles. The molecule has 4 heteroatoms. The second-order valence-electron chi connectivity index (χ2n) is 4.07. The van der Waals surface area contributed by atoms with Crippen molar-refractivity contribution in [3.63, 3.8) is 0 Å². The van der Waals surface area contributed by atoms with Gasteiger partial charge in [-0.1, -0.05) is 25.6 Å². The van der Waals surface area contributed by atoms with Crippen molar-refractivity contribution in [1.29, 1.82) is 0 Å². The molecule has 0 aliphatic carbocycles. The number of nitrogens with one attached hydrogen (secondary N) is 1. The van der Waals surface area contributed by atoms with Gasteiger partial charge in [-0.3, -0.25) is 4.99 Å². The average molecular weight is 246 g/mol. The van der Waals surface area contributed by atoms with Crippen LogP contribution in [0.5, 0.6) is 0 Å². The molecule has 0 aromatic rings. The Morgan fingerprint density at radius 3 is 2.60 bits per heavy atom. The zero-order valence-corrected chi connectivity index (χ0v) is 11.8. The van der Waals surface area contributed by atoms with Crippen LogP contribution in [0, 0.1) is 0 Å². The van der Waals surface area contributed by atoms with E-state index in [1.54, 1.807) is 0 Å². The minimum absolute atomic E-state index is 0.348. The van der Waals surface area contributed by atoms with Crippen molar-refractivity contribution in [2.24, 2.45) is 4.99 Å². The van der Waals surface area contributed by atoms with Crippen LogP contribution >= 0.6 is 23.5 Å². The Hall–Kier alpha value is 0.170. The van der Waals surface area contributed by atoms with Gasteiger partial charge in [0, 0.05) is 16.5 Å². The van der Waals surface area contributed by atoms with E-state index in [2.05, 4.69) is 32.3 Å². The van der Waals surface area contributed by atoms with E-state index >= 15 is 0 Å². The van der Waals surface area contributed by atoms with Crippen LogP contribution in [-0.4, -0.2) is 34.5 Å². The van der Waals surface area contributed by atoms with E-state index in [4.69, 9.17) is 4.99 Å². The molecule has 0 aromatic carbocycles. The van der Waals surface area contributed by atoms with Crippen molar-refractivity contribution < 1.29 is 0 Å². The van der Waals surface area contributed by atoms with E-state index in [1.807, 2.05) is 23.5 Å². The Labute approximate surface area is 102 Å². The maximum atomic E-state index is 4.71. The van der Waals surface area contributed by atoms with Crippen molar-refractivity contribution in [3.8, 4) is 0 Å². The van der Waals surface area contributed by atoms with Gasteiger partial charge in [-0.25, -0.2) is 0 Å². The van der Waals surface area contributed by atoms with Crippen molar-refractivity contribution in [3.05, 3.63) is 0 Å². The fraction of sp³-hybridized carbons (Fsp3) is 0.909. The molecule has 0 amide bonds. The van der Waals surface area contributed by atoms with E-state index < -0.39 is 0 Å². The second-order valence-corrected chi connectivity index (χ2v) is 6.35. The minimum atomic E-state index is 0.348. The van der Waals surface area contributed by atoms with Gasteiger partial charge in [0.15, 0.2) is 5.17 Å². The maximum Gasteiger partial charge on any atom is 0.156 e. The van der Waals surface area contributed by atoms with Gasteiger partial charge in [0.2, 0.25) is 0 Å². The molecule has 1 aliphatic rings. The van der Waals surface area contributed by atoms with Crippen LogP contribution in [0.15, 0.2) is 4.99 Å². The van der Waals surface area contributed by atoms with E-state index in [-0.39, 0.29) is 0 Å². The number of hydrogen-bond acceptors (Lipinski definition) is 3. The number of amidine groups is 1. The Kier molecular flexibility index (Phi) is 5.33. The van der Waals surface area contributed by atoms with Crippen molar-refractivity contribution in [2.75, 3.05) is 18.6 Å². The molecule has 0 aromatic heterocycles. The van der Waals surface area contributed by atoms with Gasteiger partial charge in [0.1, 0.15) is 0 Å². The van der Waals surface area contributed by atoms with Gasteiger partial charge in [0.25, 0.3) is 0 Å². The largest absolute Gasteiger partial charge is 0.362 e. The first kappa shape index (κ1) is 13.2. The van der Waals surface area contributed by atoms with Crippen LogP contribution in [0.2, 0.25) is 0 Å². The Bertz CT molecular complexity index is 216. The summed E-state index contributed by atoms with van der Waals surface area (Å²) in [6, 6.07) is 0.584. The van der Waals surface area contributed by atoms with E-state index in [0.717, 1.165) is 17.5 Å². The highest BCUT2D eigenvalue weighted by Crippen LogP contribution is 2.31. The summed E-state index contributed by atoms with van der Waals surface area (Å²) in [7, 11) is 0. The molecule has 0 bridgehead atoms. The molecule has 15 heavy (non-hydrogen) atoms. The molecule has 0 radical (unpaired) electrons. The standard InChI is InChI=1S/C11H22N2S2/c1-5-11(6-2,14-4)8-12-10-13-9(3)7-15-10/h9H,5-8H2,1-4H3,(H,12,13). The summed E-state index contributed by atoms with van der Waals surface area (Å²) < 4.78 is 0.348. The number of rotatable bonds is 5. The highest BCUT2D eigenvalue weighted by Gasteiger charge is 2.25. The zero-order valence-electron chi connectivity index (χ0n) is 10.2. The average Bonchev–Trinajstić information content (AvgIpc) is 2.67. The van der Waals surface area contributed by atoms with Gasteiger partial charge in [-0.15, -0.1) is 0 Å². The monoisotopic (exact) mass is 246 g/mol. The van der Waals surface area contributed by atoms with Crippen LogP contribution in [0.4, 0.5) is 0 Å². The molecule has 0 spiro atoms. The summed E-state index contributed by atoms with van der Waals surface area (Å²) in [6.45, 7) is 7.68. The summed E-state index contributed by atoms with van der Waals surface area (Å²) >= 11 is 3.81. The predicted octanol–water partition coefficient (Wildman–Crippen LogP) is 2.99. The zero-order chi connectivity index (χ0) is 11.3. The summed E-state index contributed by atoms with van der Waals surface area (Å²) in [5, 5.41) is 4.54. The molecule has 2 nitrogen and oxygen atoms in total. The molecule has 1 N–H and O–H groups in total. The first-order chi connectivity index (χ1) is 7.15. The van der Waals surface area contributed by atoms with Gasteiger partial charge in [-0.2, -0.15) is 11.8 Å². The molecule has 1 fully saturated rings. The van der Waals surface area contributed by atoms with Crippen LogP contribution in [-0.2, 0) is 0 Å². The number of hydrogen-bond donors (Lipinski definition) is 1. The molecule has 1 unspecified atom stereocenters. The molecular weight excluding hydrogens is 224 g/mol. The first-order valence-corrected chi connectivity index (χ1v) is 7.85.